The molecule has 17 heavy (non-hydrogen) atoms. The van der Waals surface area contributed by atoms with Crippen LogP contribution < -0.4 is 0 Å². The number of rotatable bonds is 1. The Morgan fingerprint density at radius 3 is 2.53 bits per heavy atom. The lowest BCUT2D eigenvalue weighted by Crippen LogP contribution is -2.09. The summed E-state index contributed by atoms with van der Waals surface area (Å²) in [6.45, 7) is 0. The maximum atomic E-state index is 12.6. The first kappa shape index (κ1) is 11.3. The van der Waals surface area contributed by atoms with Crippen molar-refractivity contribution in [2.75, 3.05) is 0 Å². The van der Waals surface area contributed by atoms with Crippen LogP contribution in [0.2, 0.25) is 0 Å². The molecule has 7 heteroatoms. The van der Waals surface area contributed by atoms with Crippen LogP contribution in [0.5, 0.6) is 0 Å². The number of hydrogen-bond acceptors (Lipinski definition) is 3. The van der Waals surface area contributed by atoms with Crippen molar-refractivity contribution in [3.8, 4) is 0 Å². The van der Waals surface area contributed by atoms with Gasteiger partial charge < -0.3 is 5.11 Å². The smallest absolute Gasteiger partial charge is 0.434 e. The molecule has 0 spiro atoms. The van der Waals surface area contributed by atoms with Crippen LogP contribution in [0.15, 0.2) is 24.5 Å². The van der Waals surface area contributed by atoms with Crippen molar-refractivity contribution in [3.63, 3.8) is 0 Å². The average molecular weight is 242 g/mol. The number of benzene rings is 1. The van der Waals surface area contributed by atoms with Crippen molar-refractivity contribution >= 4 is 16.9 Å². The van der Waals surface area contributed by atoms with E-state index in [-0.39, 0.29) is 16.5 Å². The predicted octanol–water partition coefficient (Wildman–Crippen LogP) is 2.35. The van der Waals surface area contributed by atoms with Gasteiger partial charge in [0.25, 0.3) is 0 Å². The van der Waals surface area contributed by atoms with Crippen LogP contribution in [-0.4, -0.2) is 21.0 Å². The average Bonchev–Trinajstić information content (AvgIpc) is 2.26. The van der Waals surface area contributed by atoms with Gasteiger partial charge >= 0.3 is 12.1 Å². The van der Waals surface area contributed by atoms with Gasteiger partial charge in [-0.3, -0.25) is 0 Å². The number of fused-ring (bicyclic) bond motifs is 1. The Hall–Kier alpha value is -2.18. The number of hydrogen-bond donors (Lipinski definition) is 1. The summed E-state index contributed by atoms with van der Waals surface area (Å²) in [6, 6.07) is 3.33. The first-order valence-electron chi connectivity index (χ1n) is 4.45. The van der Waals surface area contributed by atoms with E-state index >= 15 is 0 Å². The molecule has 1 N–H and O–H groups in total. The molecule has 0 aliphatic rings. The molecular formula is C10H5F3N2O2. The van der Waals surface area contributed by atoms with E-state index in [1.807, 2.05) is 0 Å². The minimum Gasteiger partial charge on any atom is -0.478 e. The summed E-state index contributed by atoms with van der Waals surface area (Å²) in [4.78, 5) is 17.5. The molecule has 0 amide bonds. The van der Waals surface area contributed by atoms with Crippen molar-refractivity contribution in [3.05, 3.63) is 35.8 Å². The zero-order valence-electron chi connectivity index (χ0n) is 8.19. The van der Waals surface area contributed by atoms with Crippen LogP contribution in [0.3, 0.4) is 0 Å². The molecule has 0 aliphatic carbocycles. The zero-order chi connectivity index (χ0) is 12.6. The Morgan fingerprint density at radius 2 is 1.94 bits per heavy atom. The molecule has 1 aromatic heterocycles. The fourth-order valence-electron chi connectivity index (χ4n) is 1.42. The van der Waals surface area contributed by atoms with E-state index in [1.54, 1.807) is 0 Å². The summed E-state index contributed by atoms with van der Waals surface area (Å²) in [5.41, 5.74) is -1.32. The minimum absolute atomic E-state index is 0.0531. The minimum atomic E-state index is -4.64. The van der Waals surface area contributed by atoms with Gasteiger partial charge in [-0.2, -0.15) is 13.2 Å². The molecule has 88 valence electrons. The van der Waals surface area contributed by atoms with E-state index in [1.165, 1.54) is 12.1 Å². The molecule has 0 fully saturated rings. The highest BCUT2D eigenvalue weighted by molar-refractivity contribution is 5.94. The van der Waals surface area contributed by atoms with E-state index in [9.17, 15) is 18.0 Å². The van der Waals surface area contributed by atoms with E-state index in [0.717, 1.165) is 12.4 Å². The van der Waals surface area contributed by atoms with Gasteiger partial charge in [0.05, 0.1) is 11.1 Å². The number of carbonyl (C=O) groups is 1. The van der Waals surface area contributed by atoms with Gasteiger partial charge in [-0.15, -0.1) is 0 Å². The maximum Gasteiger partial charge on any atom is 0.434 e. The first-order valence-corrected chi connectivity index (χ1v) is 4.45. The molecule has 2 aromatic rings. The standard InChI is InChI=1S/C10H5F3N2O2/c11-10(12,13)8-6-3-5(9(16)17)1-2-7(6)14-4-15-8/h1-4H,(H,16,17). The van der Waals surface area contributed by atoms with Gasteiger partial charge in [-0.05, 0) is 18.2 Å². The van der Waals surface area contributed by atoms with E-state index in [0.29, 0.717) is 0 Å². The van der Waals surface area contributed by atoms with Gasteiger partial charge in [0.1, 0.15) is 6.33 Å². The fraction of sp³-hybridized carbons (Fsp3) is 0.100. The van der Waals surface area contributed by atoms with Gasteiger partial charge in [-0.25, -0.2) is 14.8 Å². The van der Waals surface area contributed by atoms with Crippen LogP contribution in [0.4, 0.5) is 13.2 Å². The summed E-state index contributed by atoms with van der Waals surface area (Å²) >= 11 is 0. The number of aromatic nitrogens is 2. The molecule has 1 heterocycles. The van der Waals surface area contributed by atoms with Crippen molar-refractivity contribution in [1.29, 1.82) is 0 Å². The van der Waals surface area contributed by atoms with Gasteiger partial charge in [-0.1, -0.05) is 0 Å². The van der Waals surface area contributed by atoms with E-state index in [4.69, 9.17) is 5.11 Å². The number of carboxylic acids is 1. The molecule has 1 aromatic carbocycles. The lowest BCUT2D eigenvalue weighted by Gasteiger charge is -2.08. The second-order valence-electron chi connectivity index (χ2n) is 3.26. The molecule has 0 saturated heterocycles. The maximum absolute atomic E-state index is 12.6. The summed E-state index contributed by atoms with van der Waals surface area (Å²) in [7, 11) is 0. The van der Waals surface area contributed by atoms with Crippen LogP contribution >= 0.6 is 0 Å². The quantitative estimate of drug-likeness (QED) is 0.833. The number of alkyl halides is 3. The number of aromatic carboxylic acids is 1. The molecule has 0 atom stereocenters. The Labute approximate surface area is 92.7 Å². The topological polar surface area (TPSA) is 63.1 Å². The Bertz CT molecular complexity index is 596. The van der Waals surface area contributed by atoms with Gasteiger partial charge in [0.2, 0.25) is 0 Å². The third kappa shape index (κ3) is 2.03. The number of nitrogens with zero attached hydrogens (tertiary/aromatic N) is 2. The fourth-order valence-corrected chi connectivity index (χ4v) is 1.42. The predicted molar refractivity (Wildman–Crippen MR) is 51.5 cm³/mol. The monoisotopic (exact) mass is 242 g/mol. The van der Waals surface area contributed by atoms with Crippen molar-refractivity contribution in [1.82, 2.24) is 9.97 Å². The Morgan fingerprint density at radius 1 is 1.24 bits per heavy atom. The molecule has 2 rings (SSSR count). The van der Waals surface area contributed by atoms with Crippen molar-refractivity contribution < 1.29 is 23.1 Å². The zero-order valence-corrected chi connectivity index (χ0v) is 8.19. The number of carboxylic acid groups (broad SMARTS) is 1. The molecule has 0 saturated carbocycles. The SMILES string of the molecule is O=C(O)c1ccc2ncnc(C(F)(F)F)c2c1. The third-order valence-electron chi connectivity index (χ3n) is 2.15. The molecule has 0 bridgehead atoms. The molecule has 4 nitrogen and oxygen atoms in total. The first-order chi connectivity index (χ1) is 7.89. The van der Waals surface area contributed by atoms with E-state index in [2.05, 4.69) is 9.97 Å². The molecule has 0 radical (unpaired) electrons. The van der Waals surface area contributed by atoms with Crippen LogP contribution in [0.25, 0.3) is 10.9 Å². The lowest BCUT2D eigenvalue weighted by atomic mass is 10.1. The van der Waals surface area contributed by atoms with Crippen molar-refractivity contribution in [2.45, 2.75) is 6.18 Å². The molecular weight excluding hydrogens is 237 g/mol. The Balaban J connectivity index is 2.77. The largest absolute Gasteiger partial charge is 0.478 e. The summed E-state index contributed by atoms with van der Waals surface area (Å²) in [6.07, 6.45) is -3.84. The molecule has 0 aliphatic heterocycles. The van der Waals surface area contributed by atoms with Crippen LogP contribution in [0.1, 0.15) is 16.1 Å². The second-order valence-corrected chi connectivity index (χ2v) is 3.26. The second kappa shape index (κ2) is 3.69. The lowest BCUT2D eigenvalue weighted by molar-refractivity contribution is -0.139. The summed E-state index contributed by atoms with van der Waals surface area (Å²) < 4.78 is 37.8. The van der Waals surface area contributed by atoms with Gasteiger partial charge in [0, 0.05) is 5.39 Å². The van der Waals surface area contributed by atoms with Gasteiger partial charge in [0.15, 0.2) is 5.69 Å². The highest BCUT2D eigenvalue weighted by Gasteiger charge is 2.34. The summed E-state index contributed by atoms with van der Waals surface area (Å²) in [5.74, 6) is -1.30. The summed E-state index contributed by atoms with van der Waals surface area (Å²) in [5, 5.41) is 8.40. The molecule has 0 unspecified atom stereocenters. The number of halogens is 3. The van der Waals surface area contributed by atoms with Crippen molar-refractivity contribution in [2.24, 2.45) is 0 Å². The highest BCUT2D eigenvalue weighted by Crippen LogP contribution is 2.32. The van der Waals surface area contributed by atoms with Crippen LogP contribution in [0, 0.1) is 0 Å². The third-order valence-corrected chi connectivity index (χ3v) is 2.15. The highest BCUT2D eigenvalue weighted by atomic mass is 19.4. The van der Waals surface area contributed by atoms with Crippen LogP contribution in [-0.2, 0) is 6.18 Å². The normalized spacial score (nSPS) is 11.7. The van der Waals surface area contributed by atoms with E-state index < -0.39 is 17.8 Å². The Kier molecular flexibility index (Phi) is 2.45.